The molecule has 1 saturated heterocycles. The first-order chi connectivity index (χ1) is 9.51. The molecule has 104 valence electrons. The maximum atomic E-state index is 12.0. The lowest BCUT2D eigenvalue weighted by Crippen LogP contribution is -2.35. The molecule has 0 saturated carbocycles. The predicted octanol–water partition coefficient (Wildman–Crippen LogP) is 0.232. The smallest absolute Gasteiger partial charge is 0.323 e. The van der Waals surface area contributed by atoms with Gasteiger partial charge in [-0.3, -0.25) is 14.5 Å². The fourth-order valence-electron chi connectivity index (χ4n) is 1.61. The molecule has 0 aromatic carbocycles. The van der Waals surface area contributed by atoms with Gasteiger partial charge in [-0.15, -0.1) is 0 Å². The van der Waals surface area contributed by atoms with Crippen molar-refractivity contribution in [2.24, 2.45) is 0 Å². The van der Waals surface area contributed by atoms with Crippen LogP contribution in [0.25, 0.3) is 6.08 Å². The number of carboxylic acid groups (broad SMARTS) is 1. The van der Waals surface area contributed by atoms with Gasteiger partial charge in [0.1, 0.15) is 12.2 Å². The van der Waals surface area contributed by atoms with Crippen LogP contribution in [0, 0.1) is 0 Å². The molecule has 20 heavy (non-hydrogen) atoms. The van der Waals surface area contributed by atoms with E-state index in [1.54, 1.807) is 18.2 Å². The molecule has 1 fully saturated rings. The van der Waals surface area contributed by atoms with Crippen molar-refractivity contribution in [1.29, 1.82) is 0 Å². The van der Waals surface area contributed by atoms with E-state index in [0.717, 1.165) is 4.90 Å². The molecule has 2 heterocycles. The first kappa shape index (κ1) is 13.9. The highest BCUT2D eigenvalue weighted by atomic mass is 32.1. The fraction of sp³-hybridized carbons (Fsp3) is 0.167. The molecule has 0 unspecified atom stereocenters. The average Bonchev–Trinajstić information content (AvgIpc) is 2.67. The number of ether oxygens (including phenoxy) is 1. The van der Waals surface area contributed by atoms with E-state index < -0.39 is 18.4 Å². The summed E-state index contributed by atoms with van der Waals surface area (Å²) in [6.07, 6.45) is 3.08. The number of carbonyl (C=O) groups is 2. The monoisotopic (exact) mass is 293 g/mol. The zero-order valence-corrected chi connectivity index (χ0v) is 11.3. The molecular formula is C12H11N3O4S. The number of amides is 1. The van der Waals surface area contributed by atoms with Gasteiger partial charge in [0.2, 0.25) is 5.88 Å². The summed E-state index contributed by atoms with van der Waals surface area (Å²) in [5.74, 6) is -1.15. The third kappa shape index (κ3) is 2.91. The third-order valence-electron chi connectivity index (χ3n) is 2.54. The van der Waals surface area contributed by atoms with Crippen LogP contribution in [-0.2, 0) is 9.59 Å². The van der Waals surface area contributed by atoms with Gasteiger partial charge in [-0.05, 0) is 29.9 Å². The number of methoxy groups -OCH3 is 1. The Labute approximate surface area is 119 Å². The van der Waals surface area contributed by atoms with Gasteiger partial charge < -0.3 is 15.2 Å². The van der Waals surface area contributed by atoms with Crippen molar-refractivity contribution >= 4 is 35.3 Å². The van der Waals surface area contributed by atoms with Gasteiger partial charge in [-0.2, -0.15) is 0 Å². The van der Waals surface area contributed by atoms with Gasteiger partial charge in [0.05, 0.1) is 7.11 Å². The fourth-order valence-corrected chi connectivity index (χ4v) is 1.87. The van der Waals surface area contributed by atoms with Crippen LogP contribution < -0.4 is 10.1 Å². The summed E-state index contributed by atoms with van der Waals surface area (Å²) in [6, 6.07) is 3.37. The van der Waals surface area contributed by atoms with E-state index in [-0.39, 0.29) is 10.8 Å². The van der Waals surface area contributed by atoms with Crippen molar-refractivity contribution in [3.8, 4) is 5.88 Å². The van der Waals surface area contributed by atoms with Crippen molar-refractivity contribution in [2.45, 2.75) is 0 Å². The molecule has 0 radical (unpaired) electrons. The Morgan fingerprint density at radius 1 is 1.60 bits per heavy atom. The summed E-state index contributed by atoms with van der Waals surface area (Å²) in [7, 11) is 1.50. The second-order valence-corrected chi connectivity index (χ2v) is 4.29. The van der Waals surface area contributed by atoms with Crippen LogP contribution in [0.4, 0.5) is 0 Å². The van der Waals surface area contributed by atoms with E-state index in [9.17, 15) is 9.59 Å². The van der Waals surface area contributed by atoms with Crippen LogP contribution in [0.3, 0.4) is 0 Å². The number of nitrogens with one attached hydrogen (secondary N) is 1. The molecule has 1 aromatic rings. The molecule has 0 spiro atoms. The zero-order valence-electron chi connectivity index (χ0n) is 10.5. The van der Waals surface area contributed by atoms with Crippen molar-refractivity contribution < 1.29 is 19.4 Å². The standard InChI is InChI=1S/C12H11N3O4S/c1-19-9-3-2-7(5-13-9)4-8-11(18)15(6-10(16)17)12(20)14-8/h2-5H,6H2,1H3,(H,14,20)(H,16,17)/b8-4+. The minimum Gasteiger partial charge on any atom is -0.481 e. The van der Waals surface area contributed by atoms with Crippen LogP contribution in [-0.4, -0.2) is 45.6 Å². The summed E-state index contributed by atoms with van der Waals surface area (Å²) in [5, 5.41) is 11.5. The molecule has 2 N–H and O–H groups in total. The van der Waals surface area contributed by atoms with E-state index in [2.05, 4.69) is 10.3 Å². The largest absolute Gasteiger partial charge is 0.481 e. The predicted molar refractivity (Wildman–Crippen MR) is 73.8 cm³/mol. The molecule has 1 aliphatic heterocycles. The number of carbonyl (C=O) groups excluding carboxylic acids is 1. The molecular weight excluding hydrogens is 282 g/mol. The Morgan fingerprint density at radius 3 is 2.90 bits per heavy atom. The second kappa shape index (κ2) is 5.66. The average molecular weight is 293 g/mol. The lowest BCUT2D eigenvalue weighted by molar-refractivity contribution is -0.140. The highest BCUT2D eigenvalue weighted by Gasteiger charge is 2.31. The summed E-state index contributed by atoms with van der Waals surface area (Å²) in [4.78, 5) is 27.6. The highest BCUT2D eigenvalue weighted by Crippen LogP contribution is 2.15. The number of aromatic nitrogens is 1. The number of carboxylic acids is 1. The molecule has 1 aliphatic rings. The molecule has 2 rings (SSSR count). The Hall–Kier alpha value is -2.48. The van der Waals surface area contributed by atoms with E-state index in [4.69, 9.17) is 22.1 Å². The van der Waals surface area contributed by atoms with Crippen LogP contribution in [0.5, 0.6) is 5.88 Å². The summed E-state index contributed by atoms with van der Waals surface area (Å²) >= 11 is 4.92. The normalized spacial score (nSPS) is 16.4. The van der Waals surface area contributed by atoms with Crippen LogP contribution in [0.2, 0.25) is 0 Å². The second-order valence-electron chi connectivity index (χ2n) is 3.91. The van der Waals surface area contributed by atoms with E-state index >= 15 is 0 Å². The van der Waals surface area contributed by atoms with E-state index in [0.29, 0.717) is 11.4 Å². The number of thiocarbonyl (C=S) groups is 1. The molecule has 8 heteroatoms. The Bertz CT molecular complexity index is 597. The molecule has 1 aromatic heterocycles. The minimum absolute atomic E-state index is 0.0742. The number of aliphatic carboxylic acids is 1. The van der Waals surface area contributed by atoms with Gasteiger partial charge in [-0.25, -0.2) is 4.98 Å². The molecule has 7 nitrogen and oxygen atoms in total. The van der Waals surface area contributed by atoms with Crippen LogP contribution in [0.15, 0.2) is 24.0 Å². The lowest BCUT2D eigenvalue weighted by Gasteiger charge is -2.09. The van der Waals surface area contributed by atoms with Gasteiger partial charge in [0.25, 0.3) is 5.91 Å². The molecule has 0 bridgehead atoms. The minimum atomic E-state index is -1.13. The quantitative estimate of drug-likeness (QED) is 0.606. The third-order valence-corrected chi connectivity index (χ3v) is 2.86. The Balaban J connectivity index is 2.20. The first-order valence-electron chi connectivity index (χ1n) is 5.57. The molecule has 0 atom stereocenters. The summed E-state index contributed by atoms with van der Waals surface area (Å²) in [5.41, 5.74) is 0.879. The number of nitrogens with zero attached hydrogens (tertiary/aromatic N) is 2. The number of hydrogen-bond donors (Lipinski definition) is 2. The van der Waals surface area contributed by atoms with E-state index in [1.165, 1.54) is 13.3 Å². The van der Waals surface area contributed by atoms with Crippen molar-refractivity contribution in [1.82, 2.24) is 15.2 Å². The van der Waals surface area contributed by atoms with Gasteiger partial charge in [0.15, 0.2) is 5.11 Å². The molecule has 1 amide bonds. The highest BCUT2D eigenvalue weighted by molar-refractivity contribution is 7.80. The molecule has 0 aliphatic carbocycles. The first-order valence-corrected chi connectivity index (χ1v) is 5.98. The van der Waals surface area contributed by atoms with Crippen molar-refractivity contribution in [3.05, 3.63) is 29.6 Å². The van der Waals surface area contributed by atoms with Gasteiger partial charge in [0, 0.05) is 12.3 Å². The van der Waals surface area contributed by atoms with E-state index in [1.807, 2.05) is 0 Å². The number of hydrogen-bond acceptors (Lipinski definition) is 5. The number of pyridine rings is 1. The SMILES string of the molecule is COc1ccc(/C=C2/NC(=S)N(CC(=O)O)C2=O)cn1. The van der Waals surface area contributed by atoms with Crippen molar-refractivity contribution in [3.63, 3.8) is 0 Å². The lowest BCUT2D eigenvalue weighted by atomic mass is 10.2. The summed E-state index contributed by atoms with van der Waals surface area (Å²) < 4.78 is 4.93. The zero-order chi connectivity index (χ0) is 14.7. The Kier molecular flexibility index (Phi) is 3.94. The van der Waals surface area contributed by atoms with Crippen LogP contribution >= 0.6 is 12.2 Å². The van der Waals surface area contributed by atoms with Gasteiger partial charge in [-0.1, -0.05) is 0 Å². The maximum absolute atomic E-state index is 12.0. The van der Waals surface area contributed by atoms with Crippen molar-refractivity contribution in [2.75, 3.05) is 13.7 Å². The number of rotatable bonds is 4. The maximum Gasteiger partial charge on any atom is 0.323 e. The topological polar surface area (TPSA) is 91.8 Å². The summed E-state index contributed by atoms with van der Waals surface area (Å²) in [6.45, 7) is -0.469. The Morgan fingerprint density at radius 2 is 2.35 bits per heavy atom. The van der Waals surface area contributed by atoms with Crippen LogP contribution in [0.1, 0.15) is 5.56 Å². The van der Waals surface area contributed by atoms with Gasteiger partial charge >= 0.3 is 5.97 Å².